The van der Waals surface area contributed by atoms with Gasteiger partial charge in [0.15, 0.2) is 0 Å². The van der Waals surface area contributed by atoms with Crippen molar-refractivity contribution in [1.82, 2.24) is 0 Å². The molecule has 13 heavy (non-hydrogen) atoms. The Hall–Kier alpha value is -1.22. The second kappa shape index (κ2) is 4.72. The van der Waals surface area contributed by atoms with Crippen LogP contribution in [-0.2, 0) is 5.75 Å². The van der Waals surface area contributed by atoms with Crippen LogP contribution in [0, 0.1) is 0 Å². The number of rotatable bonds is 3. The van der Waals surface area contributed by atoms with Crippen molar-refractivity contribution in [1.29, 1.82) is 0 Å². The Balaban J connectivity index is 2.75. The fourth-order valence-corrected chi connectivity index (χ4v) is 1.61. The molecule has 0 bridgehead atoms. The van der Waals surface area contributed by atoms with Crippen LogP contribution in [0.1, 0.15) is 11.1 Å². The Morgan fingerprint density at radius 3 is 2.85 bits per heavy atom. The Bertz CT molecular complexity index is 320. The number of hydrogen-bond donors (Lipinski definition) is 2. The first kappa shape index (κ1) is 9.86. The molecule has 0 aliphatic carbocycles. The minimum absolute atomic E-state index is 0.402. The van der Waals surface area contributed by atoms with Crippen molar-refractivity contribution >= 4 is 23.0 Å². The molecule has 2 nitrogen and oxygen atoms in total. The zero-order chi connectivity index (χ0) is 9.68. The second-order valence-electron chi connectivity index (χ2n) is 2.59. The van der Waals surface area contributed by atoms with E-state index in [1.807, 2.05) is 30.3 Å². The number of amidine groups is 1. The Kier molecular flexibility index (Phi) is 3.58. The Labute approximate surface area is 82.3 Å². The van der Waals surface area contributed by atoms with E-state index < -0.39 is 0 Å². The van der Waals surface area contributed by atoms with E-state index in [4.69, 9.17) is 11.1 Å². The molecule has 0 unspecified atom stereocenters. The van der Waals surface area contributed by atoms with Crippen LogP contribution in [0.3, 0.4) is 0 Å². The number of hydrogen-bond acceptors (Lipinski definition) is 1. The molecular formula is C10H13N2S+. The summed E-state index contributed by atoms with van der Waals surface area (Å²) in [6, 6.07) is 8.05. The van der Waals surface area contributed by atoms with Crippen molar-refractivity contribution in [3.05, 3.63) is 42.0 Å². The van der Waals surface area contributed by atoms with Gasteiger partial charge in [0.05, 0.1) is 0 Å². The first-order valence-electron chi connectivity index (χ1n) is 3.95. The van der Waals surface area contributed by atoms with E-state index in [9.17, 15) is 0 Å². The third-order valence-corrected chi connectivity index (χ3v) is 2.46. The molecule has 0 atom stereocenters. The van der Waals surface area contributed by atoms with Crippen LogP contribution in [0.15, 0.2) is 30.8 Å². The number of benzene rings is 1. The van der Waals surface area contributed by atoms with Crippen molar-refractivity contribution in [3.63, 3.8) is 0 Å². The molecule has 0 saturated heterocycles. The largest absolute Gasteiger partial charge is 0.300 e. The predicted molar refractivity (Wildman–Crippen MR) is 58.9 cm³/mol. The normalized spacial score (nSPS) is 9.54. The molecule has 0 heterocycles. The number of thioether (sulfide) groups is 1. The Morgan fingerprint density at radius 1 is 1.54 bits per heavy atom. The average Bonchev–Trinajstić information content (AvgIpc) is 2.15. The van der Waals surface area contributed by atoms with Crippen LogP contribution in [0.5, 0.6) is 0 Å². The lowest BCUT2D eigenvalue weighted by molar-refractivity contribution is -0.110. The topological polar surface area (TPSA) is 51.6 Å². The molecule has 0 amide bonds. The van der Waals surface area contributed by atoms with Crippen molar-refractivity contribution in [2.24, 2.45) is 5.73 Å². The van der Waals surface area contributed by atoms with Gasteiger partial charge >= 0.3 is 0 Å². The standard InChI is InChI=1S/C10H12N2S/c1-2-8-5-3-4-6-9(8)7-13-10(11)12/h2-6H,1,7H2,(H3,11,12)/p+1. The summed E-state index contributed by atoms with van der Waals surface area (Å²) in [7, 11) is 0. The van der Waals surface area contributed by atoms with Gasteiger partial charge in [0.1, 0.15) is 0 Å². The summed E-state index contributed by atoms with van der Waals surface area (Å²) in [4.78, 5) is 0. The zero-order valence-corrected chi connectivity index (χ0v) is 8.18. The third-order valence-electron chi connectivity index (χ3n) is 1.67. The lowest BCUT2D eigenvalue weighted by Crippen LogP contribution is -2.43. The third kappa shape index (κ3) is 2.95. The van der Waals surface area contributed by atoms with Crippen LogP contribution in [-0.4, -0.2) is 5.17 Å². The summed E-state index contributed by atoms with van der Waals surface area (Å²) in [6.45, 7) is 3.74. The maximum Gasteiger partial charge on any atom is 0.300 e. The molecule has 0 radical (unpaired) electrons. The van der Waals surface area contributed by atoms with Crippen LogP contribution >= 0.6 is 11.8 Å². The van der Waals surface area contributed by atoms with E-state index in [-0.39, 0.29) is 0 Å². The van der Waals surface area contributed by atoms with Crippen LogP contribution in [0.25, 0.3) is 6.08 Å². The average molecular weight is 193 g/mol. The Morgan fingerprint density at radius 2 is 2.23 bits per heavy atom. The highest BCUT2D eigenvalue weighted by atomic mass is 32.2. The molecule has 1 rings (SSSR count). The summed E-state index contributed by atoms with van der Waals surface area (Å²) in [6.07, 6.45) is 1.84. The zero-order valence-electron chi connectivity index (χ0n) is 7.36. The smallest absolute Gasteiger partial charge is 0.282 e. The fraction of sp³-hybridized carbons (Fsp3) is 0.100. The maximum atomic E-state index is 5.36. The molecular weight excluding hydrogens is 180 g/mol. The summed E-state index contributed by atoms with van der Waals surface area (Å²) in [5.74, 6) is 0.796. The molecule has 68 valence electrons. The van der Waals surface area contributed by atoms with Crippen molar-refractivity contribution in [3.8, 4) is 0 Å². The molecule has 0 aliphatic rings. The maximum absolute atomic E-state index is 5.36. The van der Waals surface area contributed by atoms with Gasteiger partial charge in [-0.1, -0.05) is 36.9 Å². The molecule has 0 fully saturated rings. The lowest BCUT2D eigenvalue weighted by Gasteiger charge is -2.02. The van der Waals surface area contributed by atoms with Gasteiger partial charge in [-0.25, -0.2) is 0 Å². The van der Waals surface area contributed by atoms with Crippen LogP contribution < -0.4 is 11.1 Å². The second-order valence-corrected chi connectivity index (χ2v) is 3.64. The van der Waals surface area contributed by atoms with Crippen LogP contribution in [0.2, 0.25) is 0 Å². The SMILES string of the molecule is C=Cc1ccccc1CSC(N)=[NH2+]. The molecule has 0 saturated carbocycles. The van der Waals surface area contributed by atoms with Crippen molar-refractivity contribution in [2.75, 3.05) is 0 Å². The number of nitrogens with two attached hydrogens (primary N) is 2. The van der Waals surface area contributed by atoms with Gasteiger partial charge in [0.25, 0.3) is 5.17 Å². The van der Waals surface area contributed by atoms with Gasteiger partial charge in [-0.15, -0.1) is 0 Å². The van der Waals surface area contributed by atoms with E-state index in [0.29, 0.717) is 5.17 Å². The van der Waals surface area contributed by atoms with Gasteiger partial charge < -0.3 is 0 Å². The lowest BCUT2D eigenvalue weighted by atomic mass is 10.1. The molecule has 4 N–H and O–H groups in total. The minimum atomic E-state index is 0.402. The summed E-state index contributed by atoms with van der Waals surface area (Å²) >= 11 is 1.44. The monoisotopic (exact) mass is 193 g/mol. The molecule has 0 aliphatic heterocycles. The van der Waals surface area contributed by atoms with E-state index in [1.165, 1.54) is 17.3 Å². The quantitative estimate of drug-likeness (QED) is 0.546. The van der Waals surface area contributed by atoms with E-state index in [2.05, 4.69) is 6.58 Å². The van der Waals surface area contributed by atoms with Crippen molar-refractivity contribution < 1.29 is 5.41 Å². The molecule has 1 aromatic rings. The highest BCUT2D eigenvalue weighted by molar-refractivity contribution is 8.12. The first-order valence-corrected chi connectivity index (χ1v) is 4.93. The van der Waals surface area contributed by atoms with E-state index >= 15 is 0 Å². The van der Waals surface area contributed by atoms with Crippen molar-refractivity contribution in [2.45, 2.75) is 5.75 Å². The van der Waals surface area contributed by atoms with Crippen LogP contribution in [0.4, 0.5) is 0 Å². The fourth-order valence-electron chi connectivity index (χ4n) is 1.03. The van der Waals surface area contributed by atoms with Gasteiger partial charge in [-0.05, 0) is 22.9 Å². The van der Waals surface area contributed by atoms with Gasteiger partial charge in [-0.3, -0.25) is 11.1 Å². The van der Waals surface area contributed by atoms with E-state index in [0.717, 1.165) is 11.3 Å². The summed E-state index contributed by atoms with van der Waals surface area (Å²) < 4.78 is 0. The highest BCUT2D eigenvalue weighted by Gasteiger charge is 2.01. The molecule has 1 aromatic carbocycles. The molecule has 0 spiro atoms. The van der Waals surface area contributed by atoms with Gasteiger partial charge in [0.2, 0.25) is 0 Å². The minimum Gasteiger partial charge on any atom is -0.282 e. The summed E-state index contributed by atoms with van der Waals surface area (Å²) in [5.41, 5.74) is 7.70. The first-order chi connectivity index (χ1) is 6.24. The van der Waals surface area contributed by atoms with Gasteiger partial charge in [0, 0.05) is 5.75 Å². The van der Waals surface area contributed by atoms with Gasteiger partial charge in [-0.2, -0.15) is 0 Å². The predicted octanol–water partition coefficient (Wildman–Crippen LogP) is 0.637. The summed E-state index contributed by atoms with van der Waals surface area (Å²) in [5, 5.41) is 5.77. The molecule has 3 heteroatoms. The molecule has 0 aromatic heterocycles. The van der Waals surface area contributed by atoms with E-state index in [1.54, 1.807) is 0 Å². The highest BCUT2D eigenvalue weighted by Crippen LogP contribution is 2.16.